The minimum absolute atomic E-state index is 0.00317. The van der Waals surface area contributed by atoms with Crippen LogP contribution in [-0.2, 0) is 20.0 Å². The van der Waals surface area contributed by atoms with Gasteiger partial charge >= 0.3 is 0 Å². The van der Waals surface area contributed by atoms with Crippen molar-refractivity contribution < 1.29 is 27.0 Å². The number of allylic oxidation sites excluding steroid dienone is 4. The molecule has 0 saturated carbocycles. The Balaban J connectivity index is 1.75. The van der Waals surface area contributed by atoms with Gasteiger partial charge in [-0.3, -0.25) is 0 Å². The van der Waals surface area contributed by atoms with E-state index in [0.29, 0.717) is 32.1 Å². The van der Waals surface area contributed by atoms with Crippen molar-refractivity contribution in [2.45, 2.75) is 33.1 Å². The van der Waals surface area contributed by atoms with Crippen LogP contribution in [0.25, 0.3) is 5.57 Å². The van der Waals surface area contributed by atoms with Crippen molar-refractivity contribution in [2.24, 2.45) is 10.2 Å². The number of phenolic OH excluding ortho intramolecular Hbond substituents is 2. The summed E-state index contributed by atoms with van der Waals surface area (Å²) in [6.45, 7) is 3.33. The van der Waals surface area contributed by atoms with Crippen molar-refractivity contribution in [1.29, 1.82) is 0 Å². The van der Waals surface area contributed by atoms with E-state index in [0.717, 1.165) is 0 Å². The highest BCUT2D eigenvalue weighted by atomic mass is 35.5. The summed E-state index contributed by atoms with van der Waals surface area (Å²) >= 11 is 11.6. The third-order valence-electron chi connectivity index (χ3n) is 7.48. The zero-order valence-electron chi connectivity index (χ0n) is 27.8. The molecular weight excluding hydrogens is 757 g/mol. The Kier molecular flexibility index (Phi) is 12.2. The van der Waals surface area contributed by atoms with E-state index in [1.807, 2.05) is 0 Å². The third kappa shape index (κ3) is 8.90. The molecule has 2 aromatic carbocycles. The number of tetrazole rings is 2. The molecule has 4 aromatic rings. The van der Waals surface area contributed by atoms with Gasteiger partial charge < -0.3 is 10.2 Å². The van der Waals surface area contributed by atoms with Gasteiger partial charge in [-0.05, 0) is 125 Å². The Hall–Kier alpha value is -4.98. The Morgan fingerprint density at radius 1 is 0.827 bits per heavy atom. The highest BCUT2D eigenvalue weighted by Gasteiger charge is 2.35. The lowest BCUT2D eigenvalue weighted by Gasteiger charge is -2.27. The molecular formula is C31H33Cl2N11O6S2. The molecule has 2 aromatic heterocycles. The van der Waals surface area contributed by atoms with Gasteiger partial charge in [0.15, 0.2) is 11.6 Å². The summed E-state index contributed by atoms with van der Waals surface area (Å²) in [7, 11) is -8.88. The lowest BCUT2D eigenvalue weighted by atomic mass is 9.87. The normalized spacial score (nSPS) is 13.7. The van der Waals surface area contributed by atoms with Crippen molar-refractivity contribution in [3.05, 3.63) is 99.8 Å². The van der Waals surface area contributed by atoms with Crippen LogP contribution in [0, 0.1) is 13.8 Å². The Morgan fingerprint density at radius 3 is 1.73 bits per heavy atom. The lowest BCUT2D eigenvalue weighted by molar-refractivity contribution is 0.471. The second-order valence-corrected chi connectivity index (χ2v) is 16.1. The van der Waals surface area contributed by atoms with Crippen LogP contribution in [0.15, 0.2) is 76.1 Å². The standard InChI is InChI=1S/C31H33Cl2N11O6S2/c1-21-36-38-40-42(21)34-19-23-8-10-29(45)27(16-23)31(28-17-24(9-11-30(28)46)20-35-43-22(2)37-39-41-43)25-6-3-7-26(18-25)44(51(47,48)14-4-12-32)52(49,50)15-5-13-33/h3,7-11,16-20,45-46H,4-6,12-15H2,1-2H3/b34-19+,35-20+. The summed E-state index contributed by atoms with van der Waals surface area (Å²) in [5.41, 5.74) is 1.87. The zero-order valence-corrected chi connectivity index (χ0v) is 31.0. The van der Waals surface area contributed by atoms with E-state index in [-0.39, 0.29) is 64.9 Å². The van der Waals surface area contributed by atoms with E-state index >= 15 is 0 Å². The molecule has 17 nitrogen and oxygen atoms in total. The van der Waals surface area contributed by atoms with Gasteiger partial charge in [0.1, 0.15) is 11.5 Å². The summed E-state index contributed by atoms with van der Waals surface area (Å²) in [4.78, 5) is 2.41. The first kappa shape index (κ1) is 38.3. The van der Waals surface area contributed by atoms with Gasteiger partial charge in [-0.1, -0.05) is 6.08 Å². The summed E-state index contributed by atoms with van der Waals surface area (Å²) in [5, 5.41) is 53.5. The third-order valence-corrected chi connectivity index (χ3v) is 12.4. The number of phenols is 2. The molecule has 0 saturated heterocycles. The number of hydrogen-bond donors (Lipinski definition) is 2. The zero-order chi connectivity index (χ0) is 37.5. The molecule has 1 aliphatic rings. The van der Waals surface area contributed by atoms with Crippen LogP contribution in [-0.4, -0.2) is 107 Å². The second-order valence-electron chi connectivity index (χ2n) is 11.3. The molecule has 274 valence electrons. The Morgan fingerprint density at radius 2 is 1.31 bits per heavy atom. The monoisotopic (exact) mass is 789 g/mol. The first-order chi connectivity index (χ1) is 24.8. The topological polar surface area (TPSA) is 224 Å². The minimum atomic E-state index is -4.44. The maximum atomic E-state index is 13.6. The van der Waals surface area contributed by atoms with Crippen LogP contribution < -0.4 is 0 Å². The quantitative estimate of drug-likeness (QED) is 0.131. The van der Waals surface area contributed by atoms with Crippen molar-refractivity contribution in [3.8, 4) is 11.5 Å². The first-order valence-corrected chi connectivity index (χ1v) is 19.9. The van der Waals surface area contributed by atoms with Crippen molar-refractivity contribution in [2.75, 3.05) is 23.3 Å². The molecule has 0 aliphatic heterocycles. The van der Waals surface area contributed by atoms with Gasteiger partial charge in [0.05, 0.1) is 29.6 Å². The smallest absolute Gasteiger partial charge is 0.248 e. The average Bonchev–Trinajstić information content (AvgIpc) is 3.73. The maximum Gasteiger partial charge on any atom is 0.248 e. The van der Waals surface area contributed by atoms with Crippen LogP contribution in [0.1, 0.15) is 53.2 Å². The number of hydrogen-bond acceptors (Lipinski definition) is 14. The number of aromatic hydroxyl groups is 2. The molecule has 0 atom stereocenters. The first-order valence-electron chi connectivity index (χ1n) is 15.6. The molecule has 0 amide bonds. The summed E-state index contributed by atoms with van der Waals surface area (Å²) < 4.78 is 54.9. The van der Waals surface area contributed by atoms with E-state index in [1.54, 1.807) is 44.2 Å². The molecule has 1 aliphatic carbocycles. The van der Waals surface area contributed by atoms with E-state index in [4.69, 9.17) is 23.2 Å². The molecule has 0 radical (unpaired) electrons. The number of aryl methyl sites for hydroxylation is 2. The predicted molar refractivity (Wildman–Crippen MR) is 195 cm³/mol. The molecule has 0 spiro atoms. The number of alkyl halides is 2. The molecule has 5 rings (SSSR count). The van der Waals surface area contributed by atoms with Crippen LogP contribution in [0.5, 0.6) is 11.5 Å². The molecule has 2 N–H and O–H groups in total. The van der Waals surface area contributed by atoms with E-state index < -0.39 is 31.6 Å². The molecule has 0 bridgehead atoms. The fourth-order valence-electron chi connectivity index (χ4n) is 5.08. The van der Waals surface area contributed by atoms with Crippen molar-refractivity contribution >= 4 is 61.3 Å². The van der Waals surface area contributed by atoms with Crippen LogP contribution in [0.2, 0.25) is 0 Å². The number of nitrogens with zero attached hydrogens (tertiary/aromatic N) is 11. The van der Waals surface area contributed by atoms with E-state index in [1.165, 1.54) is 46.3 Å². The molecule has 2 heterocycles. The average molecular weight is 791 g/mol. The van der Waals surface area contributed by atoms with Gasteiger partial charge in [-0.15, -0.1) is 43.0 Å². The van der Waals surface area contributed by atoms with Crippen molar-refractivity contribution in [1.82, 2.24) is 44.3 Å². The van der Waals surface area contributed by atoms with Crippen LogP contribution >= 0.6 is 23.2 Å². The highest BCUT2D eigenvalue weighted by molar-refractivity contribution is 8.04. The fourth-order valence-corrected chi connectivity index (χ4v) is 9.72. The van der Waals surface area contributed by atoms with Crippen LogP contribution in [0.4, 0.5) is 0 Å². The Bertz CT molecular complexity index is 2180. The summed E-state index contributed by atoms with van der Waals surface area (Å²) in [6.07, 6.45) is 7.49. The second kappa shape index (κ2) is 16.6. The number of halogens is 2. The molecule has 21 heteroatoms. The van der Waals surface area contributed by atoms with Gasteiger partial charge in [0.25, 0.3) is 0 Å². The number of rotatable bonds is 15. The highest BCUT2D eigenvalue weighted by Crippen LogP contribution is 2.41. The summed E-state index contributed by atoms with van der Waals surface area (Å²) in [5.74, 6) is -0.612. The lowest BCUT2D eigenvalue weighted by Crippen LogP contribution is -2.39. The van der Waals surface area contributed by atoms with Gasteiger partial charge in [0.2, 0.25) is 20.0 Å². The minimum Gasteiger partial charge on any atom is -0.507 e. The van der Waals surface area contributed by atoms with Gasteiger partial charge in [-0.2, -0.15) is 13.9 Å². The number of benzene rings is 2. The number of sulfonamides is 2. The van der Waals surface area contributed by atoms with E-state index in [2.05, 4.69) is 41.3 Å². The molecule has 0 fully saturated rings. The van der Waals surface area contributed by atoms with Crippen LogP contribution in [0.3, 0.4) is 0 Å². The molecule has 0 unspecified atom stereocenters. The SMILES string of the molecule is Cc1nnnn1/N=C/c1ccc(O)c(C(=C2C=C(N(S(=O)(=O)CCCCl)S(=O)(=O)CCCCl)C=CC2)c2cc(/C=N/n3nnnc3C)ccc2O)c1. The summed E-state index contributed by atoms with van der Waals surface area (Å²) in [6, 6.07) is 9.24. The van der Waals surface area contributed by atoms with Gasteiger partial charge in [-0.25, -0.2) is 16.8 Å². The van der Waals surface area contributed by atoms with E-state index in [9.17, 15) is 27.0 Å². The largest absolute Gasteiger partial charge is 0.507 e. The van der Waals surface area contributed by atoms with Gasteiger partial charge in [0, 0.05) is 22.9 Å². The molecule has 52 heavy (non-hydrogen) atoms. The van der Waals surface area contributed by atoms with Crippen molar-refractivity contribution in [3.63, 3.8) is 0 Å². The fraction of sp³-hybridized carbons (Fsp3) is 0.290. The predicted octanol–water partition coefficient (Wildman–Crippen LogP) is 3.32. The Labute approximate surface area is 309 Å². The number of aromatic nitrogens is 8. The maximum absolute atomic E-state index is 13.6.